The highest BCUT2D eigenvalue weighted by molar-refractivity contribution is 14.1. The van der Waals surface area contributed by atoms with Crippen molar-refractivity contribution < 1.29 is 13.9 Å². The van der Waals surface area contributed by atoms with E-state index in [-0.39, 0.29) is 12.2 Å². The molecule has 0 spiro atoms. The summed E-state index contributed by atoms with van der Waals surface area (Å²) in [6.45, 7) is 0. The van der Waals surface area contributed by atoms with Crippen LogP contribution in [0.25, 0.3) is 10.9 Å². The summed E-state index contributed by atoms with van der Waals surface area (Å²) in [6, 6.07) is 2.71. The molecule has 1 aromatic heterocycles. The summed E-state index contributed by atoms with van der Waals surface area (Å²) >= 11 is 1.93. The molecule has 2 aromatic rings. The Morgan fingerprint density at radius 1 is 1.61 bits per heavy atom. The fourth-order valence-corrected chi connectivity index (χ4v) is 2.30. The summed E-state index contributed by atoms with van der Waals surface area (Å²) in [6.07, 6.45) is 1.91. The van der Waals surface area contributed by atoms with Gasteiger partial charge in [0.1, 0.15) is 11.9 Å². The molecule has 0 radical (unpaired) electrons. The average molecular weight is 362 g/mol. The molecule has 1 unspecified atom stereocenters. The van der Waals surface area contributed by atoms with E-state index >= 15 is 0 Å². The van der Waals surface area contributed by atoms with Crippen molar-refractivity contribution in [3.8, 4) is 0 Å². The predicted octanol–water partition coefficient (Wildman–Crippen LogP) is 1.95. The molecule has 0 aliphatic carbocycles. The van der Waals surface area contributed by atoms with Gasteiger partial charge in [-0.3, -0.25) is 4.79 Å². The molecule has 0 saturated carbocycles. The Labute approximate surface area is 117 Å². The first-order valence-electron chi connectivity index (χ1n) is 5.32. The van der Waals surface area contributed by atoms with E-state index in [0.29, 0.717) is 20.0 Å². The van der Waals surface area contributed by atoms with Crippen molar-refractivity contribution in [2.75, 3.05) is 7.11 Å². The van der Waals surface area contributed by atoms with Crippen molar-refractivity contribution in [3.05, 3.63) is 33.3 Å². The van der Waals surface area contributed by atoms with E-state index in [9.17, 15) is 9.18 Å². The first-order chi connectivity index (χ1) is 8.54. The van der Waals surface area contributed by atoms with Crippen molar-refractivity contribution in [2.45, 2.75) is 12.5 Å². The minimum atomic E-state index is -0.786. The van der Waals surface area contributed by atoms with Crippen LogP contribution in [0, 0.1) is 9.39 Å². The molecule has 0 saturated heterocycles. The third kappa shape index (κ3) is 2.35. The zero-order chi connectivity index (χ0) is 13.3. The number of ether oxygens (including phenoxy) is 1. The van der Waals surface area contributed by atoms with E-state index in [4.69, 9.17) is 5.73 Å². The van der Waals surface area contributed by atoms with E-state index in [2.05, 4.69) is 9.72 Å². The largest absolute Gasteiger partial charge is 0.468 e. The number of methoxy groups -OCH3 is 1. The van der Waals surface area contributed by atoms with Gasteiger partial charge in [0.25, 0.3) is 0 Å². The van der Waals surface area contributed by atoms with Gasteiger partial charge in [-0.15, -0.1) is 0 Å². The number of rotatable bonds is 3. The molecule has 6 heteroatoms. The topological polar surface area (TPSA) is 68.1 Å². The molecule has 0 aliphatic rings. The SMILES string of the molecule is COC(=O)C(N)Cc1c[nH]c2ccc(I)c(F)c12. The van der Waals surface area contributed by atoms with Crippen LogP contribution in [-0.2, 0) is 16.0 Å². The molecule has 0 fully saturated rings. The molecule has 96 valence electrons. The Morgan fingerprint density at radius 3 is 3.00 bits per heavy atom. The van der Waals surface area contributed by atoms with E-state index in [0.717, 1.165) is 0 Å². The Kier molecular flexibility index (Phi) is 3.86. The standard InChI is InChI=1S/C12H12FIN2O2/c1-18-12(17)8(15)4-6-5-16-9-3-2-7(14)11(13)10(6)9/h2-3,5,8,16H,4,15H2,1H3. The number of hydrogen-bond acceptors (Lipinski definition) is 3. The van der Waals surface area contributed by atoms with Gasteiger partial charge in [-0.2, -0.15) is 0 Å². The molecular weight excluding hydrogens is 350 g/mol. The lowest BCUT2D eigenvalue weighted by Gasteiger charge is -2.08. The highest BCUT2D eigenvalue weighted by Gasteiger charge is 2.18. The van der Waals surface area contributed by atoms with E-state index < -0.39 is 12.0 Å². The normalized spacial score (nSPS) is 12.7. The van der Waals surface area contributed by atoms with Crippen molar-refractivity contribution in [1.29, 1.82) is 0 Å². The number of H-pyrrole nitrogens is 1. The molecule has 1 heterocycles. The molecule has 0 amide bonds. The van der Waals surface area contributed by atoms with E-state index in [1.165, 1.54) is 7.11 Å². The number of fused-ring (bicyclic) bond motifs is 1. The Morgan fingerprint density at radius 2 is 2.33 bits per heavy atom. The van der Waals surface area contributed by atoms with Crippen LogP contribution >= 0.6 is 22.6 Å². The Hall–Kier alpha value is -1.15. The van der Waals surface area contributed by atoms with Crippen LogP contribution < -0.4 is 5.73 Å². The molecule has 1 atom stereocenters. The van der Waals surface area contributed by atoms with E-state index in [1.807, 2.05) is 22.6 Å². The first kappa shape index (κ1) is 13.3. The summed E-state index contributed by atoms with van der Waals surface area (Å²) in [7, 11) is 1.28. The second kappa shape index (κ2) is 5.23. The lowest BCUT2D eigenvalue weighted by molar-refractivity contribution is -0.142. The lowest BCUT2D eigenvalue weighted by atomic mass is 10.1. The number of hydrogen-bond donors (Lipinski definition) is 2. The van der Waals surface area contributed by atoms with Crippen molar-refractivity contribution in [2.24, 2.45) is 5.73 Å². The molecule has 4 nitrogen and oxygen atoms in total. The lowest BCUT2D eigenvalue weighted by Crippen LogP contribution is -2.33. The van der Waals surface area contributed by atoms with Gasteiger partial charge in [0, 0.05) is 27.1 Å². The number of aromatic amines is 1. The first-order valence-corrected chi connectivity index (χ1v) is 6.40. The molecule has 0 aliphatic heterocycles. The van der Waals surface area contributed by atoms with Gasteiger partial charge in [0.15, 0.2) is 0 Å². The zero-order valence-corrected chi connectivity index (χ0v) is 11.8. The van der Waals surface area contributed by atoms with Crippen molar-refractivity contribution in [1.82, 2.24) is 4.98 Å². The number of carbonyl (C=O) groups excluding carboxylic acids is 1. The van der Waals surface area contributed by atoms with Crippen LogP contribution in [0.3, 0.4) is 0 Å². The molecule has 0 bridgehead atoms. The number of esters is 1. The van der Waals surface area contributed by atoms with Gasteiger partial charge in [-0.25, -0.2) is 4.39 Å². The maximum Gasteiger partial charge on any atom is 0.322 e. The quantitative estimate of drug-likeness (QED) is 0.648. The summed E-state index contributed by atoms with van der Waals surface area (Å²) in [5, 5.41) is 0.487. The minimum absolute atomic E-state index is 0.240. The van der Waals surface area contributed by atoms with Crippen LogP contribution in [0.15, 0.2) is 18.3 Å². The van der Waals surface area contributed by atoms with E-state index in [1.54, 1.807) is 18.3 Å². The van der Waals surface area contributed by atoms with Gasteiger partial charge < -0.3 is 15.5 Å². The fraction of sp³-hybridized carbons (Fsp3) is 0.250. The predicted molar refractivity (Wildman–Crippen MR) is 74.7 cm³/mol. The van der Waals surface area contributed by atoms with Crippen LogP contribution in [0.1, 0.15) is 5.56 Å². The van der Waals surface area contributed by atoms with Crippen molar-refractivity contribution in [3.63, 3.8) is 0 Å². The maximum atomic E-state index is 14.0. The highest BCUT2D eigenvalue weighted by atomic mass is 127. The van der Waals surface area contributed by atoms with Gasteiger partial charge in [0.05, 0.1) is 7.11 Å². The molecule has 3 N–H and O–H groups in total. The molecule has 2 rings (SSSR count). The average Bonchev–Trinajstić information content (AvgIpc) is 2.76. The third-order valence-electron chi connectivity index (χ3n) is 2.76. The summed E-state index contributed by atoms with van der Waals surface area (Å²) in [5.74, 6) is -0.795. The molecule has 18 heavy (non-hydrogen) atoms. The number of nitrogens with one attached hydrogen (secondary N) is 1. The highest BCUT2D eigenvalue weighted by Crippen LogP contribution is 2.26. The second-order valence-electron chi connectivity index (χ2n) is 3.93. The Bertz CT molecular complexity index is 597. The third-order valence-corrected chi connectivity index (χ3v) is 3.59. The minimum Gasteiger partial charge on any atom is -0.468 e. The number of aromatic nitrogens is 1. The van der Waals surface area contributed by atoms with Crippen LogP contribution in [-0.4, -0.2) is 24.1 Å². The fourth-order valence-electron chi connectivity index (χ4n) is 1.85. The van der Waals surface area contributed by atoms with Crippen LogP contribution in [0.2, 0.25) is 0 Å². The van der Waals surface area contributed by atoms with Crippen LogP contribution in [0.4, 0.5) is 4.39 Å². The van der Waals surface area contributed by atoms with Gasteiger partial charge in [0.2, 0.25) is 0 Å². The summed E-state index contributed by atoms with van der Waals surface area (Å²) < 4.78 is 19.1. The monoisotopic (exact) mass is 362 g/mol. The zero-order valence-electron chi connectivity index (χ0n) is 9.67. The van der Waals surface area contributed by atoms with Gasteiger partial charge >= 0.3 is 5.97 Å². The number of benzene rings is 1. The Balaban J connectivity index is 2.40. The maximum absolute atomic E-state index is 14.0. The second-order valence-corrected chi connectivity index (χ2v) is 5.09. The summed E-state index contributed by atoms with van der Waals surface area (Å²) in [5.41, 5.74) is 7.06. The summed E-state index contributed by atoms with van der Waals surface area (Å²) in [4.78, 5) is 14.2. The van der Waals surface area contributed by atoms with Gasteiger partial charge in [-0.05, 0) is 40.3 Å². The van der Waals surface area contributed by atoms with Crippen molar-refractivity contribution >= 4 is 39.5 Å². The molecule has 1 aromatic carbocycles. The van der Waals surface area contributed by atoms with Gasteiger partial charge in [-0.1, -0.05) is 0 Å². The number of nitrogens with two attached hydrogens (primary N) is 1. The molecular formula is C12H12FIN2O2. The number of halogens is 2. The number of carbonyl (C=O) groups is 1. The van der Waals surface area contributed by atoms with Crippen LogP contribution in [0.5, 0.6) is 0 Å². The smallest absolute Gasteiger partial charge is 0.322 e.